The molecule has 0 aromatic rings. The zero-order chi connectivity index (χ0) is 6.78. The molecule has 0 saturated carbocycles. The van der Waals surface area contributed by atoms with E-state index in [4.69, 9.17) is 5.73 Å². The summed E-state index contributed by atoms with van der Waals surface area (Å²) in [6, 6.07) is -0.0324. The van der Waals surface area contributed by atoms with Gasteiger partial charge in [-0.15, -0.1) is 0 Å². The smallest absolute Gasteiger partial charge is 0.107 e. The van der Waals surface area contributed by atoms with Crippen LogP contribution in [0.5, 0.6) is 0 Å². The lowest BCUT2D eigenvalue weighted by atomic mass is 10.0. The second-order valence-corrected chi connectivity index (χ2v) is 2.90. The van der Waals surface area contributed by atoms with Gasteiger partial charge in [0, 0.05) is 6.04 Å². The topological polar surface area (TPSA) is 26.0 Å². The van der Waals surface area contributed by atoms with Crippen molar-refractivity contribution >= 4 is 0 Å². The summed E-state index contributed by atoms with van der Waals surface area (Å²) in [5, 5.41) is 0. The third-order valence-corrected chi connectivity index (χ3v) is 0.807. The highest BCUT2D eigenvalue weighted by molar-refractivity contribution is 4.70. The van der Waals surface area contributed by atoms with Gasteiger partial charge in [0.25, 0.3) is 0 Å². The maximum atomic E-state index is 12.6. The molecular formula is C6H14FN. The molecule has 1 unspecified atom stereocenters. The first-order chi connectivity index (χ1) is 3.42. The van der Waals surface area contributed by atoms with Crippen molar-refractivity contribution in [3.05, 3.63) is 0 Å². The summed E-state index contributed by atoms with van der Waals surface area (Å²) in [6.07, 6.45) is 0.438. The number of rotatable bonds is 2. The van der Waals surface area contributed by atoms with Gasteiger partial charge < -0.3 is 5.73 Å². The van der Waals surface area contributed by atoms with Crippen molar-refractivity contribution < 1.29 is 4.39 Å². The molecule has 0 rings (SSSR count). The fourth-order valence-corrected chi connectivity index (χ4v) is 0.766. The van der Waals surface area contributed by atoms with E-state index in [1.54, 1.807) is 6.92 Å². The first-order valence-electron chi connectivity index (χ1n) is 2.86. The minimum atomic E-state index is -1.10. The van der Waals surface area contributed by atoms with E-state index >= 15 is 0 Å². The zero-order valence-corrected chi connectivity index (χ0v) is 5.74. The van der Waals surface area contributed by atoms with Crippen LogP contribution in [0.2, 0.25) is 0 Å². The van der Waals surface area contributed by atoms with Crippen LogP contribution in [0.3, 0.4) is 0 Å². The molecule has 0 amide bonds. The fourth-order valence-electron chi connectivity index (χ4n) is 0.766. The minimum absolute atomic E-state index is 0.0324. The van der Waals surface area contributed by atoms with Crippen molar-refractivity contribution in [1.82, 2.24) is 0 Å². The number of halogens is 1. The van der Waals surface area contributed by atoms with E-state index in [1.807, 2.05) is 0 Å². The van der Waals surface area contributed by atoms with Gasteiger partial charge in [0.1, 0.15) is 5.67 Å². The van der Waals surface area contributed by atoms with E-state index < -0.39 is 5.67 Å². The molecule has 0 heterocycles. The van der Waals surface area contributed by atoms with Crippen LogP contribution in [0.25, 0.3) is 0 Å². The Balaban J connectivity index is 3.39. The maximum absolute atomic E-state index is 12.6. The molecule has 0 fully saturated rings. The molecule has 0 aromatic heterocycles. The Hall–Kier alpha value is -0.110. The van der Waals surface area contributed by atoms with Gasteiger partial charge in [0.05, 0.1) is 0 Å². The van der Waals surface area contributed by atoms with Gasteiger partial charge in [-0.2, -0.15) is 0 Å². The van der Waals surface area contributed by atoms with E-state index in [1.165, 1.54) is 13.8 Å². The van der Waals surface area contributed by atoms with Gasteiger partial charge in [-0.05, 0) is 27.2 Å². The highest BCUT2D eigenvalue weighted by Crippen LogP contribution is 2.14. The van der Waals surface area contributed by atoms with E-state index in [9.17, 15) is 4.39 Å². The summed E-state index contributed by atoms with van der Waals surface area (Å²) in [5.41, 5.74) is 4.24. The molecule has 0 bridgehead atoms. The standard InChI is InChI=1S/C6H14FN/c1-5(8)4-6(2,3)7/h5H,4,8H2,1-3H3. The Morgan fingerprint density at radius 3 is 2.00 bits per heavy atom. The van der Waals surface area contributed by atoms with Crippen molar-refractivity contribution in [3.8, 4) is 0 Å². The normalized spacial score (nSPS) is 16.1. The van der Waals surface area contributed by atoms with Crippen molar-refractivity contribution in [3.63, 3.8) is 0 Å². The third-order valence-electron chi connectivity index (χ3n) is 0.807. The lowest BCUT2D eigenvalue weighted by Gasteiger charge is -2.15. The van der Waals surface area contributed by atoms with Gasteiger partial charge in [-0.1, -0.05) is 0 Å². The second-order valence-electron chi connectivity index (χ2n) is 2.90. The molecule has 8 heavy (non-hydrogen) atoms. The fraction of sp³-hybridized carbons (Fsp3) is 1.00. The summed E-state index contributed by atoms with van der Waals surface area (Å²) < 4.78 is 12.6. The van der Waals surface area contributed by atoms with E-state index in [0.717, 1.165) is 0 Å². The predicted molar refractivity (Wildman–Crippen MR) is 33.5 cm³/mol. The van der Waals surface area contributed by atoms with Crippen LogP contribution in [0.4, 0.5) is 4.39 Å². The largest absolute Gasteiger partial charge is 0.328 e. The molecule has 0 aromatic carbocycles. The summed E-state index contributed by atoms with van der Waals surface area (Å²) in [7, 11) is 0. The molecular weight excluding hydrogens is 105 g/mol. The molecule has 2 heteroatoms. The zero-order valence-electron chi connectivity index (χ0n) is 5.74. The first-order valence-corrected chi connectivity index (χ1v) is 2.86. The Labute approximate surface area is 50.1 Å². The van der Waals surface area contributed by atoms with Crippen LogP contribution in [0.15, 0.2) is 0 Å². The van der Waals surface area contributed by atoms with Crippen LogP contribution in [-0.2, 0) is 0 Å². The summed E-state index contributed by atoms with van der Waals surface area (Å²) in [6.45, 7) is 4.88. The van der Waals surface area contributed by atoms with E-state index in [0.29, 0.717) is 6.42 Å². The molecule has 0 spiro atoms. The molecule has 50 valence electrons. The number of alkyl halides is 1. The van der Waals surface area contributed by atoms with Gasteiger partial charge in [0.2, 0.25) is 0 Å². The molecule has 0 saturated heterocycles. The lowest BCUT2D eigenvalue weighted by Crippen LogP contribution is -2.25. The van der Waals surface area contributed by atoms with Gasteiger partial charge in [-0.25, -0.2) is 4.39 Å². The molecule has 1 atom stereocenters. The third kappa shape index (κ3) is 5.89. The Morgan fingerprint density at radius 1 is 1.62 bits per heavy atom. The number of hydrogen-bond acceptors (Lipinski definition) is 1. The number of hydrogen-bond donors (Lipinski definition) is 1. The summed E-state index contributed by atoms with van der Waals surface area (Å²) >= 11 is 0. The Morgan fingerprint density at radius 2 is 2.00 bits per heavy atom. The quantitative estimate of drug-likeness (QED) is 0.585. The van der Waals surface area contributed by atoms with Gasteiger partial charge in [-0.3, -0.25) is 0 Å². The highest BCUT2D eigenvalue weighted by Gasteiger charge is 2.16. The van der Waals surface area contributed by atoms with Gasteiger partial charge >= 0.3 is 0 Å². The summed E-state index contributed by atoms with van der Waals surface area (Å²) in [4.78, 5) is 0. The van der Waals surface area contributed by atoms with Crippen molar-refractivity contribution in [2.45, 2.75) is 38.9 Å². The highest BCUT2D eigenvalue weighted by atomic mass is 19.1. The van der Waals surface area contributed by atoms with Crippen LogP contribution in [0.1, 0.15) is 27.2 Å². The first kappa shape index (κ1) is 7.89. The molecule has 0 radical (unpaired) electrons. The predicted octanol–water partition coefficient (Wildman–Crippen LogP) is 1.47. The second kappa shape index (κ2) is 2.44. The average Bonchev–Trinajstić information content (AvgIpc) is 1.21. The molecule has 2 N–H and O–H groups in total. The van der Waals surface area contributed by atoms with Crippen LogP contribution in [0, 0.1) is 0 Å². The Kier molecular flexibility index (Phi) is 2.41. The van der Waals surface area contributed by atoms with Crippen LogP contribution < -0.4 is 5.73 Å². The van der Waals surface area contributed by atoms with Crippen LogP contribution >= 0.6 is 0 Å². The Bertz CT molecular complexity index is 63.4. The summed E-state index contributed by atoms with van der Waals surface area (Å²) in [5.74, 6) is 0. The van der Waals surface area contributed by atoms with Gasteiger partial charge in [0.15, 0.2) is 0 Å². The molecule has 0 aliphatic rings. The van der Waals surface area contributed by atoms with Crippen molar-refractivity contribution in [2.24, 2.45) is 5.73 Å². The lowest BCUT2D eigenvalue weighted by molar-refractivity contribution is 0.191. The monoisotopic (exact) mass is 119 g/mol. The van der Waals surface area contributed by atoms with Crippen molar-refractivity contribution in [2.75, 3.05) is 0 Å². The van der Waals surface area contributed by atoms with Crippen molar-refractivity contribution in [1.29, 1.82) is 0 Å². The molecule has 0 aliphatic carbocycles. The van der Waals surface area contributed by atoms with E-state index in [-0.39, 0.29) is 6.04 Å². The minimum Gasteiger partial charge on any atom is -0.328 e. The SMILES string of the molecule is CC(N)CC(C)(C)F. The molecule has 0 aliphatic heterocycles. The van der Waals surface area contributed by atoms with E-state index in [2.05, 4.69) is 0 Å². The maximum Gasteiger partial charge on any atom is 0.107 e. The van der Waals surface area contributed by atoms with Crippen LogP contribution in [-0.4, -0.2) is 11.7 Å². The number of nitrogens with two attached hydrogens (primary N) is 1. The molecule has 1 nitrogen and oxygen atoms in total. The average molecular weight is 119 g/mol.